The van der Waals surface area contributed by atoms with Crippen molar-refractivity contribution in [1.29, 1.82) is 0 Å². The third kappa shape index (κ3) is 2.95. The van der Waals surface area contributed by atoms with Crippen LogP contribution in [0.15, 0.2) is 67.3 Å². The number of H-pyrrole nitrogens is 1. The maximum atomic E-state index is 6.31. The van der Waals surface area contributed by atoms with Gasteiger partial charge >= 0.3 is 0 Å². The van der Waals surface area contributed by atoms with Gasteiger partial charge in [-0.05, 0) is 48.0 Å². The molecule has 0 aliphatic carbocycles. The second-order valence-electron chi connectivity index (χ2n) is 6.31. The van der Waals surface area contributed by atoms with Crippen molar-refractivity contribution in [3.05, 3.63) is 77.3 Å². The first kappa shape index (κ1) is 17.0. The zero-order valence-electron chi connectivity index (χ0n) is 14.4. The highest BCUT2D eigenvalue weighted by atomic mass is 35.5. The smallest absolute Gasteiger partial charge is 0.141 e. The van der Waals surface area contributed by atoms with Crippen molar-refractivity contribution >= 4 is 56.6 Å². The van der Waals surface area contributed by atoms with Crippen molar-refractivity contribution in [2.24, 2.45) is 0 Å². The number of anilines is 2. The predicted octanol–water partition coefficient (Wildman–Crippen LogP) is 6.22. The molecular weight excluding hydrogens is 393 g/mol. The van der Waals surface area contributed by atoms with E-state index in [1.54, 1.807) is 18.3 Å². The predicted molar refractivity (Wildman–Crippen MR) is 114 cm³/mol. The Morgan fingerprint density at radius 3 is 2.71 bits per heavy atom. The molecule has 0 unspecified atom stereocenters. The molecule has 3 heterocycles. The van der Waals surface area contributed by atoms with Crippen LogP contribution in [0.25, 0.3) is 33.1 Å². The third-order valence-corrected chi connectivity index (χ3v) is 5.13. The lowest BCUT2D eigenvalue weighted by atomic mass is 10.0. The third-order valence-electron chi connectivity index (χ3n) is 4.58. The molecule has 28 heavy (non-hydrogen) atoms. The van der Waals surface area contributed by atoms with Crippen LogP contribution in [0.4, 0.5) is 11.5 Å². The molecule has 0 amide bonds. The Kier molecular flexibility index (Phi) is 4.11. The number of nitrogens with zero attached hydrogens (tertiary/aromatic N) is 3. The minimum absolute atomic E-state index is 0.526. The fourth-order valence-corrected chi connectivity index (χ4v) is 3.69. The highest BCUT2D eigenvalue weighted by Gasteiger charge is 2.11. The first-order chi connectivity index (χ1) is 13.7. The molecule has 5 nitrogen and oxygen atoms in total. The Hall–Kier alpha value is -3.15. The summed E-state index contributed by atoms with van der Waals surface area (Å²) in [6, 6.07) is 15.4. The van der Waals surface area contributed by atoms with Crippen LogP contribution in [-0.4, -0.2) is 19.9 Å². The minimum atomic E-state index is 0.526. The van der Waals surface area contributed by atoms with E-state index in [0.717, 1.165) is 38.8 Å². The molecule has 0 saturated carbocycles. The zero-order chi connectivity index (χ0) is 19.1. The van der Waals surface area contributed by atoms with Crippen LogP contribution < -0.4 is 5.32 Å². The van der Waals surface area contributed by atoms with Crippen molar-refractivity contribution in [3.8, 4) is 11.1 Å². The first-order valence-electron chi connectivity index (χ1n) is 8.58. The standard InChI is InChI=1S/C21H13Cl2N5/c22-13-4-6-19(17(23)9-13)28-21-15-8-12(3-5-18(15)26-11-27-21)16-10-25-20-14(16)2-1-7-24-20/h1-11H,(H,24,25)(H,26,27,28). The second kappa shape index (κ2) is 6.78. The first-order valence-corrected chi connectivity index (χ1v) is 9.34. The van der Waals surface area contributed by atoms with Crippen LogP contribution >= 0.6 is 23.2 Å². The molecule has 5 rings (SSSR count). The molecule has 0 fully saturated rings. The van der Waals surface area contributed by atoms with Gasteiger partial charge < -0.3 is 10.3 Å². The van der Waals surface area contributed by atoms with Gasteiger partial charge in [0.2, 0.25) is 0 Å². The summed E-state index contributed by atoms with van der Waals surface area (Å²) in [4.78, 5) is 16.4. The molecule has 0 radical (unpaired) electrons. The molecule has 2 N–H and O–H groups in total. The Morgan fingerprint density at radius 2 is 1.82 bits per heavy atom. The van der Waals surface area contributed by atoms with Crippen molar-refractivity contribution in [2.45, 2.75) is 0 Å². The number of fused-ring (bicyclic) bond motifs is 2. The average Bonchev–Trinajstić information content (AvgIpc) is 3.14. The van der Waals surface area contributed by atoms with Gasteiger partial charge in [0.1, 0.15) is 17.8 Å². The van der Waals surface area contributed by atoms with E-state index in [2.05, 4.69) is 31.3 Å². The number of rotatable bonds is 3. The van der Waals surface area contributed by atoms with Crippen molar-refractivity contribution in [3.63, 3.8) is 0 Å². The molecule has 5 aromatic rings. The summed E-state index contributed by atoms with van der Waals surface area (Å²) in [5.41, 5.74) is 4.54. The lowest BCUT2D eigenvalue weighted by Crippen LogP contribution is -1.97. The maximum Gasteiger partial charge on any atom is 0.141 e. The largest absolute Gasteiger partial charge is 0.346 e. The molecule has 0 atom stereocenters. The Bertz CT molecular complexity index is 1330. The summed E-state index contributed by atoms with van der Waals surface area (Å²) in [7, 11) is 0. The number of hydrogen-bond acceptors (Lipinski definition) is 4. The Morgan fingerprint density at radius 1 is 0.893 bits per heavy atom. The summed E-state index contributed by atoms with van der Waals surface area (Å²) in [6.07, 6.45) is 5.27. The van der Waals surface area contributed by atoms with Gasteiger partial charge in [0, 0.05) is 33.8 Å². The summed E-state index contributed by atoms with van der Waals surface area (Å²) in [5, 5.41) is 6.35. The van der Waals surface area contributed by atoms with E-state index in [0.29, 0.717) is 15.9 Å². The zero-order valence-corrected chi connectivity index (χ0v) is 16.0. The Balaban J connectivity index is 1.64. The van der Waals surface area contributed by atoms with Gasteiger partial charge in [0.25, 0.3) is 0 Å². The van der Waals surface area contributed by atoms with Gasteiger partial charge in [-0.25, -0.2) is 15.0 Å². The molecule has 0 saturated heterocycles. The normalized spacial score (nSPS) is 11.2. The molecule has 2 aromatic carbocycles. The van der Waals surface area contributed by atoms with Gasteiger partial charge in [-0.2, -0.15) is 0 Å². The van der Waals surface area contributed by atoms with Gasteiger partial charge in [-0.15, -0.1) is 0 Å². The van der Waals surface area contributed by atoms with Crippen molar-refractivity contribution < 1.29 is 0 Å². The number of pyridine rings is 1. The number of hydrogen-bond donors (Lipinski definition) is 2. The lowest BCUT2D eigenvalue weighted by molar-refractivity contribution is 1.22. The number of benzene rings is 2. The van der Waals surface area contributed by atoms with E-state index in [1.807, 2.05) is 36.5 Å². The van der Waals surface area contributed by atoms with Crippen LogP contribution in [0.2, 0.25) is 10.0 Å². The van der Waals surface area contributed by atoms with E-state index in [-0.39, 0.29) is 0 Å². The van der Waals surface area contributed by atoms with Crippen LogP contribution in [0.1, 0.15) is 0 Å². The summed E-state index contributed by atoms with van der Waals surface area (Å²) in [5.74, 6) is 0.675. The summed E-state index contributed by atoms with van der Waals surface area (Å²) in [6.45, 7) is 0. The Labute approximate surface area is 170 Å². The number of nitrogens with one attached hydrogen (secondary N) is 2. The van der Waals surface area contributed by atoms with E-state index < -0.39 is 0 Å². The van der Waals surface area contributed by atoms with E-state index in [1.165, 1.54) is 6.33 Å². The van der Waals surface area contributed by atoms with E-state index in [9.17, 15) is 0 Å². The molecule has 0 bridgehead atoms. The molecule has 136 valence electrons. The fraction of sp³-hybridized carbons (Fsp3) is 0. The lowest BCUT2D eigenvalue weighted by Gasteiger charge is -2.11. The quantitative estimate of drug-likeness (QED) is 0.373. The SMILES string of the molecule is Clc1ccc(Nc2ncnc3ccc(-c4c[nH]c5ncccc45)cc23)c(Cl)c1. The van der Waals surface area contributed by atoms with Crippen LogP contribution in [-0.2, 0) is 0 Å². The number of halogens is 2. The monoisotopic (exact) mass is 405 g/mol. The molecule has 0 aliphatic rings. The van der Waals surface area contributed by atoms with Gasteiger partial charge in [0.15, 0.2) is 0 Å². The van der Waals surface area contributed by atoms with E-state index >= 15 is 0 Å². The molecule has 0 spiro atoms. The second-order valence-corrected chi connectivity index (χ2v) is 7.15. The van der Waals surface area contributed by atoms with Crippen molar-refractivity contribution in [2.75, 3.05) is 5.32 Å². The number of aromatic amines is 1. The van der Waals surface area contributed by atoms with Crippen LogP contribution in [0.5, 0.6) is 0 Å². The van der Waals surface area contributed by atoms with Gasteiger partial charge in [-0.3, -0.25) is 0 Å². The molecular formula is C21H13Cl2N5. The van der Waals surface area contributed by atoms with Crippen LogP contribution in [0, 0.1) is 0 Å². The summed E-state index contributed by atoms with van der Waals surface area (Å²) < 4.78 is 0. The topological polar surface area (TPSA) is 66.5 Å². The molecule has 3 aromatic heterocycles. The van der Waals surface area contributed by atoms with Gasteiger partial charge in [0.05, 0.1) is 16.2 Å². The highest BCUT2D eigenvalue weighted by molar-refractivity contribution is 6.36. The van der Waals surface area contributed by atoms with Crippen LogP contribution in [0.3, 0.4) is 0 Å². The fourth-order valence-electron chi connectivity index (χ4n) is 3.24. The van der Waals surface area contributed by atoms with Gasteiger partial charge in [-0.1, -0.05) is 29.3 Å². The minimum Gasteiger partial charge on any atom is -0.346 e. The molecule has 7 heteroatoms. The van der Waals surface area contributed by atoms with Crippen molar-refractivity contribution in [1.82, 2.24) is 19.9 Å². The summed E-state index contributed by atoms with van der Waals surface area (Å²) >= 11 is 12.3. The molecule has 0 aliphatic heterocycles. The average molecular weight is 406 g/mol. The maximum absolute atomic E-state index is 6.31. The number of aromatic nitrogens is 4. The van der Waals surface area contributed by atoms with E-state index in [4.69, 9.17) is 23.2 Å². The highest BCUT2D eigenvalue weighted by Crippen LogP contribution is 2.33.